The highest BCUT2D eigenvalue weighted by atomic mass is 15.2. The summed E-state index contributed by atoms with van der Waals surface area (Å²) < 4.78 is 2.43. The van der Waals surface area contributed by atoms with Crippen LogP contribution in [0.15, 0.2) is 218 Å². The summed E-state index contributed by atoms with van der Waals surface area (Å²) in [4.78, 5) is 2.44. The summed E-state index contributed by atoms with van der Waals surface area (Å²) in [7, 11) is 0. The van der Waals surface area contributed by atoms with Crippen molar-refractivity contribution in [3.05, 3.63) is 218 Å². The van der Waals surface area contributed by atoms with E-state index in [1.165, 1.54) is 76.4 Å². The number of aromatic nitrogens is 1. The lowest BCUT2D eigenvalue weighted by atomic mass is 9.94. The quantitative estimate of drug-likeness (QED) is 0.156. The van der Waals surface area contributed by atoms with Crippen LogP contribution in [-0.2, 0) is 0 Å². The molecule has 11 rings (SSSR count). The molecule has 2 nitrogen and oxygen atoms in total. The van der Waals surface area contributed by atoms with Crippen LogP contribution in [0.25, 0.3) is 82.1 Å². The minimum Gasteiger partial charge on any atom is -0.308 e. The number of para-hydroxylation sites is 4. The Kier molecular flexibility index (Phi) is 7.53. The van der Waals surface area contributed by atoms with E-state index in [1.54, 1.807) is 0 Å². The summed E-state index contributed by atoms with van der Waals surface area (Å²) in [5.74, 6) is 0. The Bertz CT molecular complexity index is 3220. The molecule has 10 aromatic carbocycles. The molecule has 1 heterocycles. The van der Waals surface area contributed by atoms with E-state index in [0.29, 0.717) is 0 Å². The Morgan fingerprint density at radius 1 is 0.304 bits per heavy atom. The summed E-state index contributed by atoms with van der Waals surface area (Å²) in [6.45, 7) is 0. The van der Waals surface area contributed by atoms with Crippen molar-refractivity contribution in [2.24, 2.45) is 0 Å². The average molecular weight is 713 g/mol. The van der Waals surface area contributed by atoms with Gasteiger partial charge in [0.15, 0.2) is 0 Å². The van der Waals surface area contributed by atoms with Gasteiger partial charge in [0.25, 0.3) is 0 Å². The fourth-order valence-electron chi connectivity index (χ4n) is 8.75. The van der Waals surface area contributed by atoms with Crippen LogP contribution in [0.1, 0.15) is 0 Å². The maximum absolute atomic E-state index is 2.44. The number of anilines is 3. The Morgan fingerprint density at radius 2 is 0.857 bits per heavy atom. The second-order valence-corrected chi connectivity index (χ2v) is 14.5. The van der Waals surface area contributed by atoms with Crippen molar-refractivity contribution in [1.82, 2.24) is 4.57 Å². The third-order valence-corrected chi connectivity index (χ3v) is 11.3. The molecule has 262 valence electrons. The summed E-state index contributed by atoms with van der Waals surface area (Å²) in [5.41, 5.74) is 11.5. The normalized spacial score (nSPS) is 11.6. The van der Waals surface area contributed by atoms with Crippen LogP contribution in [0.4, 0.5) is 17.1 Å². The topological polar surface area (TPSA) is 8.17 Å². The third kappa shape index (κ3) is 5.26. The van der Waals surface area contributed by atoms with Crippen LogP contribution in [0.3, 0.4) is 0 Å². The fraction of sp³-hybridized carbons (Fsp3) is 0. The van der Waals surface area contributed by atoms with Crippen LogP contribution in [0.5, 0.6) is 0 Å². The zero-order valence-electron chi connectivity index (χ0n) is 30.7. The molecule has 0 spiro atoms. The van der Waals surface area contributed by atoms with Gasteiger partial charge in [0.1, 0.15) is 0 Å². The molecule has 0 atom stereocenters. The van der Waals surface area contributed by atoms with Gasteiger partial charge in [0.2, 0.25) is 0 Å². The molecular weight excluding hydrogens is 677 g/mol. The summed E-state index contributed by atoms with van der Waals surface area (Å²) >= 11 is 0. The molecule has 0 saturated carbocycles. The van der Waals surface area contributed by atoms with Gasteiger partial charge >= 0.3 is 0 Å². The van der Waals surface area contributed by atoms with E-state index in [4.69, 9.17) is 0 Å². The predicted molar refractivity (Wildman–Crippen MR) is 239 cm³/mol. The molecule has 56 heavy (non-hydrogen) atoms. The van der Waals surface area contributed by atoms with Gasteiger partial charge in [-0.15, -0.1) is 0 Å². The highest BCUT2D eigenvalue weighted by Crippen LogP contribution is 2.44. The number of fused-ring (bicyclic) bond motifs is 7. The summed E-state index contributed by atoms with van der Waals surface area (Å²) in [5, 5.41) is 10.0. The van der Waals surface area contributed by atoms with Crippen LogP contribution in [0, 0.1) is 0 Å². The zero-order chi connectivity index (χ0) is 37.0. The van der Waals surface area contributed by atoms with Gasteiger partial charge in [-0.05, 0) is 109 Å². The molecule has 0 aliphatic rings. The van der Waals surface area contributed by atoms with Crippen molar-refractivity contribution in [3.8, 4) is 27.9 Å². The first-order chi connectivity index (χ1) is 27.8. The van der Waals surface area contributed by atoms with Crippen molar-refractivity contribution in [3.63, 3.8) is 0 Å². The van der Waals surface area contributed by atoms with E-state index >= 15 is 0 Å². The Morgan fingerprint density at radius 3 is 1.64 bits per heavy atom. The fourth-order valence-corrected chi connectivity index (χ4v) is 8.75. The molecule has 0 radical (unpaired) electrons. The monoisotopic (exact) mass is 712 g/mol. The number of benzene rings is 10. The zero-order valence-corrected chi connectivity index (χ0v) is 30.7. The number of hydrogen-bond acceptors (Lipinski definition) is 1. The summed E-state index contributed by atoms with van der Waals surface area (Å²) in [6, 6.07) is 79.6. The van der Waals surface area contributed by atoms with E-state index in [2.05, 4.69) is 228 Å². The van der Waals surface area contributed by atoms with E-state index in [1.807, 2.05) is 0 Å². The Hall–Kier alpha value is -7.42. The standard InChI is InChI=1S/C54H36N2/c1-2-16-39-34-41(31-30-37(39)14-1)40-17-11-19-43(35-40)55(53-28-9-10-29-54(53)56-51-26-7-5-22-49(51)50-23-6-8-27-52(50)56)44-20-12-18-42(36-44)46-24-13-25-47-45-21-4-3-15-38(45)32-33-48(46)47/h1-36H. The van der Waals surface area contributed by atoms with Gasteiger partial charge in [-0.1, -0.05) is 164 Å². The molecule has 0 aliphatic carbocycles. The first kappa shape index (κ1) is 32.0. The van der Waals surface area contributed by atoms with Gasteiger partial charge in [-0.25, -0.2) is 0 Å². The highest BCUT2D eigenvalue weighted by Gasteiger charge is 2.21. The minimum absolute atomic E-state index is 1.09. The molecule has 2 heteroatoms. The van der Waals surface area contributed by atoms with Gasteiger partial charge in [0, 0.05) is 22.1 Å². The third-order valence-electron chi connectivity index (χ3n) is 11.3. The Balaban J connectivity index is 1.15. The average Bonchev–Trinajstić information content (AvgIpc) is 3.61. The maximum atomic E-state index is 2.44. The second kappa shape index (κ2) is 13.2. The van der Waals surface area contributed by atoms with Gasteiger partial charge in [-0.3, -0.25) is 0 Å². The van der Waals surface area contributed by atoms with Crippen LogP contribution < -0.4 is 4.90 Å². The minimum atomic E-state index is 1.09. The molecule has 0 N–H and O–H groups in total. The molecule has 0 bridgehead atoms. The number of rotatable bonds is 6. The molecule has 11 aromatic rings. The molecular formula is C54H36N2. The molecule has 0 saturated heterocycles. The first-order valence-electron chi connectivity index (χ1n) is 19.3. The SMILES string of the molecule is c1cc(-c2ccc3ccccc3c2)cc(N(c2cccc(-c3cccc4c3ccc3ccccc34)c2)c2ccccc2-n2c3ccccc3c3ccccc32)c1. The largest absolute Gasteiger partial charge is 0.308 e. The molecule has 0 fully saturated rings. The van der Waals surface area contributed by atoms with Crippen molar-refractivity contribution in [2.75, 3.05) is 4.90 Å². The van der Waals surface area contributed by atoms with Crippen LogP contribution >= 0.6 is 0 Å². The first-order valence-corrected chi connectivity index (χ1v) is 19.3. The van der Waals surface area contributed by atoms with Crippen molar-refractivity contribution < 1.29 is 0 Å². The van der Waals surface area contributed by atoms with Crippen LogP contribution in [0.2, 0.25) is 0 Å². The van der Waals surface area contributed by atoms with Crippen LogP contribution in [-0.4, -0.2) is 4.57 Å². The molecule has 1 aromatic heterocycles. The highest BCUT2D eigenvalue weighted by molar-refractivity contribution is 6.12. The van der Waals surface area contributed by atoms with E-state index in [9.17, 15) is 0 Å². The lowest BCUT2D eigenvalue weighted by Gasteiger charge is -2.29. The van der Waals surface area contributed by atoms with E-state index in [-0.39, 0.29) is 0 Å². The van der Waals surface area contributed by atoms with Gasteiger partial charge in [-0.2, -0.15) is 0 Å². The van der Waals surface area contributed by atoms with Crippen molar-refractivity contribution in [2.45, 2.75) is 0 Å². The maximum Gasteiger partial charge on any atom is 0.0702 e. The number of hydrogen-bond donors (Lipinski definition) is 0. The van der Waals surface area contributed by atoms with Crippen molar-refractivity contribution >= 4 is 71.2 Å². The Labute approximate surface area is 325 Å². The van der Waals surface area contributed by atoms with Gasteiger partial charge in [0.05, 0.1) is 22.4 Å². The predicted octanol–water partition coefficient (Wildman–Crippen LogP) is 15.0. The smallest absolute Gasteiger partial charge is 0.0702 e. The molecule has 0 aliphatic heterocycles. The number of nitrogens with zero attached hydrogens (tertiary/aromatic N) is 2. The van der Waals surface area contributed by atoms with E-state index in [0.717, 1.165) is 22.7 Å². The van der Waals surface area contributed by atoms with Crippen molar-refractivity contribution in [1.29, 1.82) is 0 Å². The second-order valence-electron chi connectivity index (χ2n) is 14.5. The molecule has 0 amide bonds. The summed E-state index contributed by atoms with van der Waals surface area (Å²) in [6.07, 6.45) is 0. The lowest BCUT2D eigenvalue weighted by Crippen LogP contribution is -2.13. The molecule has 0 unspecified atom stereocenters. The van der Waals surface area contributed by atoms with Gasteiger partial charge < -0.3 is 9.47 Å². The lowest BCUT2D eigenvalue weighted by molar-refractivity contribution is 1.15. The van der Waals surface area contributed by atoms with E-state index < -0.39 is 0 Å².